The Bertz CT molecular complexity index is 297. The Morgan fingerprint density at radius 1 is 1.31 bits per heavy atom. The smallest absolute Gasteiger partial charge is 0.00909 e. The zero-order chi connectivity index (χ0) is 11.2. The molecule has 0 radical (unpaired) electrons. The van der Waals surface area contributed by atoms with Gasteiger partial charge in [0.15, 0.2) is 0 Å². The lowest BCUT2D eigenvalue weighted by atomic mass is 9.94. The molecule has 1 aromatic rings. The summed E-state index contributed by atoms with van der Waals surface area (Å²) in [7, 11) is 2.07. The summed E-state index contributed by atoms with van der Waals surface area (Å²) in [5.41, 5.74) is 1.45. The van der Waals surface area contributed by atoms with Gasteiger partial charge in [0, 0.05) is 12.1 Å². The van der Waals surface area contributed by atoms with Gasteiger partial charge in [-0.3, -0.25) is 0 Å². The van der Waals surface area contributed by atoms with E-state index in [1.807, 2.05) is 0 Å². The van der Waals surface area contributed by atoms with Gasteiger partial charge in [-0.15, -0.1) is 0 Å². The number of hydrogen-bond donors (Lipinski definition) is 2. The van der Waals surface area contributed by atoms with Crippen LogP contribution in [0.5, 0.6) is 0 Å². The molecule has 2 nitrogen and oxygen atoms in total. The summed E-state index contributed by atoms with van der Waals surface area (Å²) in [6.07, 6.45) is 4.97. The van der Waals surface area contributed by atoms with Gasteiger partial charge < -0.3 is 10.6 Å². The zero-order valence-corrected chi connectivity index (χ0v) is 10.1. The first-order valence-corrected chi connectivity index (χ1v) is 6.33. The largest absolute Gasteiger partial charge is 0.317 e. The highest BCUT2D eigenvalue weighted by molar-refractivity contribution is 5.14. The normalized spacial score (nSPS) is 25.6. The lowest BCUT2D eigenvalue weighted by Gasteiger charge is -2.30. The van der Waals surface area contributed by atoms with Gasteiger partial charge in [0.25, 0.3) is 0 Å². The van der Waals surface area contributed by atoms with E-state index >= 15 is 0 Å². The number of rotatable bonds is 4. The van der Waals surface area contributed by atoms with Gasteiger partial charge in [-0.25, -0.2) is 0 Å². The second-order valence-electron chi connectivity index (χ2n) is 4.69. The molecule has 2 atom stereocenters. The summed E-state index contributed by atoms with van der Waals surface area (Å²) in [4.78, 5) is 0. The van der Waals surface area contributed by atoms with E-state index in [0.29, 0.717) is 12.1 Å². The lowest BCUT2D eigenvalue weighted by molar-refractivity contribution is 0.319. The quantitative estimate of drug-likeness (QED) is 0.807. The molecule has 1 aliphatic rings. The third-order valence-electron chi connectivity index (χ3n) is 3.53. The molecule has 0 spiro atoms. The number of aryl methyl sites for hydroxylation is 1. The Hall–Kier alpha value is -0.860. The standard InChI is InChI=1S/C14H22N2/c1-15-13-9-10-16-14(11-13)8-7-12-5-3-2-4-6-12/h2-6,13-16H,7-11H2,1H3. The third kappa shape index (κ3) is 3.32. The molecule has 2 heteroatoms. The summed E-state index contributed by atoms with van der Waals surface area (Å²) in [5.74, 6) is 0. The van der Waals surface area contributed by atoms with Gasteiger partial charge in [-0.05, 0) is 44.8 Å². The van der Waals surface area contributed by atoms with E-state index in [9.17, 15) is 0 Å². The first-order chi connectivity index (χ1) is 7.88. The van der Waals surface area contributed by atoms with E-state index in [1.54, 1.807) is 0 Å². The van der Waals surface area contributed by atoms with E-state index in [2.05, 4.69) is 48.0 Å². The minimum absolute atomic E-state index is 0.686. The fourth-order valence-corrected chi connectivity index (χ4v) is 2.47. The number of hydrogen-bond acceptors (Lipinski definition) is 2. The molecule has 0 aromatic heterocycles. The first-order valence-electron chi connectivity index (χ1n) is 6.33. The summed E-state index contributed by atoms with van der Waals surface area (Å²) >= 11 is 0. The molecular weight excluding hydrogens is 196 g/mol. The summed E-state index contributed by atoms with van der Waals surface area (Å²) in [6.45, 7) is 1.16. The van der Waals surface area contributed by atoms with Crippen LogP contribution in [0.4, 0.5) is 0 Å². The van der Waals surface area contributed by atoms with Gasteiger partial charge in [0.1, 0.15) is 0 Å². The van der Waals surface area contributed by atoms with Crippen LogP contribution in [0.25, 0.3) is 0 Å². The topological polar surface area (TPSA) is 24.1 Å². The van der Waals surface area contributed by atoms with Crippen LogP contribution in [0.2, 0.25) is 0 Å². The van der Waals surface area contributed by atoms with Crippen molar-refractivity contribution in [3.05, 3.63) is 35.9 Å². The Morgan fingerprint density at radius 3 is 2.88 bits per heavy atom. The van der Waals surface area contributed by atoms with E-state index < -0.39 is 0 Å². The molecule has 0 amide bonds. The van der Waals surface area contributed by atoms with Crippen molar-refractivity contribution in [1.29, 1.82) is 0 Å². The van der Waals surface area contributed by atoms with E-state index in [-0.39, 0.29) is 0 Å². The average molecular weight is 218 g/mol. The molecule has 0 saturated carbocycles. The molecule has 16 heavy (non-hydrogen) atoms. The van der Waals surface area contributed by atoms with Crippen LogP contribution in [0.3, 0.4) is 0 Å². The average Bonchev–Trinajstić information content (AvgIpc) is 2.38. The van der Waals surface area contributed by atoms with Gasteiger partial charge >= 0.3 is 0 Å². The van der Waals surface area contributed by atoms with Crippen molar-refractivity contribution in [2.75, 3.05) is 13.6 Å². The van der Waals surface area contributed by atoms with Crippen LogP contribution in [0.15, 0.2) is 30.3 Å². The lowest BCUT2D eigenvalue weighted by Crippen LogP contribution is -2.45. The van der Waals surface area contributed by atoms with Gasteiger partial charge in [0.05, 0.1) is 0 Å². The van der Waals surface area contributed by atoms with Gasteiger partial charge in [0.2, 0.25) is 0 Å². The van der Waals surface area contributed by atoms with Crippen molar-refractivity contribution in [2.24, 2.45) is 0 Å². The van der Waals surface area contributed by atoms with Gasteiger partial charge in [-0.2, -0.15) is 0 Å². The molecule has 1 fully saturated rings. The molecule has 2 unspecified atom stereocenters. The number of benzene rings is 1. The number of piperidine rings is 1. The SMILES string of the molecule is CNC1CCNC(CCc2ccccc2)C1. The second-order valence-corrected chi connectivity index (χ2v) is 4.69. The van der Waals surface area contributed by atoms with Gasteiger partial charge in [-0.1, -0.05) is 30.3 Å². The van der Waals surface area contributed by atoms with Crippen LogP contribution in [0.1, 0.15) is 24.8 Å². The Morgan fingerprint density at radius 2 is 2.12 bits per heavy atom. The molecule has 0 aliphatic carbocycles. The highest BCUT2D eigenvalue weighted by Crippen LogP contribution is 2.13. The maximum Gasteiger partial charge on any atom is 0.00909 e. The zero-order valence-electron chi connectivity index (χ0n) is 10.1. The molecule has 0 bridgehead atoms. The van der Waals surface area contributed by atoms with Crippen LogP contribution in [-0.4, -0.2) is 25.7 Å². The van der Waals surface area contributed by atoms with Crippen LogP contribution in [0, 0.1) is 0 Å². The number of nitrogens with one attached hydrogen (secondary N) is 2. The summed E-state index contributed by atoms with van der Waals surface area (Å²) in [5, 5.41) is 7.01. The monoisotopic (exact) mass is 218 g/mol. The Balaban J connectivity index is 1.77. The maximum absolute atomic E-state index is 3.61. The van der Waals surface area contributed by atoms with Crippen molar-refractivity contribution in [2.45, 2.75) is 37.8 Å². The minimum atomic E-state index is 0.686. The van der Waals surface area contributed by atoms with Crippen LogP contribution >= 0.6 is 0 Å². The minimum Gasteiger partial charge on any atom is -0.317 e. The predicted molar refractivity (Wildman–Crippen MR) is 68.6 cm³/mol. The van der Waals surface area contributed by atoms with Crippen molar-refractivity contribution in [1.82, 2.24) is 10.6 Å². The van der Waals surface area contributed by atoms with E-state index in [0.717, 1.165) is 6.54 Å². The fraction of sp³-hybridized carbons (Fsp3) is 0.571. The van der Waals surface area contributed by atoms with Crippen molar-refractivity contribution < 1.29 is 0 Å². The molecule has 1 aromatic carbocycles. The first kappa shape index (κ1) is 11.6. The van der Waals surface area contributed by atoms with Crippen LogP contribution < -0.4 is 10.6 Å². The fourth-order valence-electron chi connectivity index (χ4n) is 2.47. The van der Waals surface area contributed by atoms with Crippen molar-refractivity contribution in [3.8, 4) is 0 Å². The molecule has 1 aliphatic heterocycles. The second kappa shape index (κ2) is 6.02. The molecule has 1 saturated heterocycles. The maximum atomic E-state index is 3.61. The van der Waals surface area contributed by atoms with Crippen molar-refractivity contribution >= 4 is 0 Å². The molecule has 88 valence electrons. The molecule has 1 heterocycles. The third-order valence-corrected chi connectivity index (χ3v) is 3.53. The highest BCUT2D eigenvalue weighted by Gasteiger charge is 2.19. The Labute approximate surface area is 98.4 Å². The molecule has 2 N–H and O–H groups in total. The van der Waals surface area contributed by atoms with E-state index in [4.69, 9.17) is 0 Å². The summed E-state index contributed by atoms with van der Waals surface area (Å²) in [6, 6.07) is 12.2. The summed E-state index contributed by atoms with van der Waals surface area (Å²) < 4.78 is 0. The van der Waals surface area contributed by atoms with Crippen molar-refractivity contribution in [3.63, 3.8) is 0 Å². The highest BCUT2D eigenvalue weighted by atomic mass is 15.0. The van der Waals surface area contributed by atoms with E-state index in [1.165, 1.54) is 31.2 Å². The molecular formula is C14H22N2. The predicted octanol–water partition coefficient (Wildman–Crippen LogP) is 1.96. The van der Waals surface area contributed by atoms with Crippen LogP contribution in [-0.2, 0) is 6.42 Å². The Kier molecular flexibility index (Phi) is 4.37. The molecule has 2 rings (SSSR count).